The second-order valence-electron chi connectivity index (χ2n) is 8.21. The van der Waals surface area contributed by atoms with Gasteiger partial charge in [0.05, 0.1) is 0 Å². The van der Waals surface area contributed by atoms with E-state index in [4.69, 9.17) is 4.84 Å². The van der Waals surface area contributed by atoms with Crippen LogP contribution in [0.3, 0.4) is 0 Å². The normalized spacial score (nSPS) is 23.9. The first-order valence-corrected chi connectivity index (χ1v) is 8.76. The second-order valence-corrected chi connectivity index (χ2v) is 8.21. The molecule has 0 bridgehead atoms. The highest BCUT2D eigenvalue weighted by Crippen LogP contribution is 2.43. The zero-order valence-corrected chi connectivity index (χ0v) is 15.3. The molecule has 0 saturated carbocycles. The molecule has 0 radical (unpaired) electrons. The van der Waals surface area contributed by atoms with Crippen LogP contribution < -0.4 is 0 Å². The highest BCUT2D eigenvalue weighted by Gasteiger charge is 2.46. The van der Waals surface area contributed by atoms with E-state index in [0.717, 1.165) is 12.8 Å². The van der Waals surface area contributed by atoms with E-state index in [1.54, 1.807) is 0 Å². The molecule has 1 aromatic carbocycles. The molecule has 1 saturated heterocycles. The van der Waals surface area contributed by atoms with Crippen molar-refractivity contribution >= 4 is 0 Å². The van der Waals surface area contributed by atoms with E-state index >= 15 is 0 Å². The number of benzene rings is 1. The summed E-state index contributed by atoms with van der Waals surface area (Å²) < 4.78 is 0. The molecule has 0 N–H and O–H groups in total. The molecule has 2 rings (SSSR count). The molecular weight excluding hydrogens is 270 g/mol. The average Bonchev–Trinajstić information content (AvgIpc) is 2.44. The van der Waals surface area contributed by atoms with Crippen LogP contribution in [0.15, 0.2) is 30.3 Å². The van der Waals surface area contributed by atoms with Gasteiger partial charge in [-0.1, -0.05) is 43.7 Å². The fourth-order valence-corrected chi connectivity index (χ4v) is 3.94. The minimum Gasteiger partial charge on any atom is -0.287 e. The Labute approximate surface area is 136 Å². The van der Waals surface area contributed by atoms with E-state index < -0.39 is 0 Å². The third-order valence-electron chi connectivity index (χ3n) is 5.08. The molecule has 0 aromatic heterocycles. The maximum atomic E-state index is 6.77. The van der Waals surface area contributed by atoms with Crippen LogP contribution in [0, 0.1) is 0 Å². The molecule has 0 aliphatic carbocycles. The zero-order valence-electron chi connectivity index (χ0n) is 15.3. The van der Waals surface area contributed by atoms with Gasteiger partial charge in [-0.3, -0.25) is 4.84 Å². The zero-order chi connectivity index (χ0) is 16.4. The lowest BCUT2D eigenvalue weighted by atomic mass is 9.82. The van der Waals surface area contributed by atoms with Crippen LogP contribution in [0.2, 0.25) is 0 Å². The third-order valence-corrected chi connectivity index (χ3v) is 5.08. The highest BCUT2D eigenvalue weighted by molar-refractivity contribution is 5.21. The third kappa shape index (κ3) is 3.55. The van der Waals surface area contributed by atoms with Crippen LogP contribution in [-0.2, 0) is 10.4 Å². The molecule has 2 heteroatoms. The summed E-state index contributed by atoms with van der Waals surface area (Å²) in [6, 6.07) is 10.7. The van der Waals surface area contributed by atoms with Gasteiger partial charge in [-0.05, 0) is 65.9 Å². The molecule has 1 heterocycles. The highest BCUT2D eigenvalue weighted by atomic mass is 16.7. The van der Waals surface area contributed by atoms with E-state index in [9.17, 15) is 0 Å². The Morgan fingerprint density at radius 1 is 1.05 bits per heavy atom. The van der Waals surface area contributed by atoms with Crippen molar-refractivity contribution in [2.75, 3.05) is 0 Å². The van der Waals surface area contributed by atoms with E-state index in [1.165, 1.54) is 24.8 Å². The lowest BCUT2D eigenvalue weighted by Gasteiger charge is -2.54. The SMILES string of the molecule is CCCC(C)(ON1C(C)(C)CCCC1(C)C)c1ccccc1. The summed E-state index contributed by atoms with van der Waals surface area (Å²) in [5, 5.41) is 2.30. The topological polar surface area (TPSA) is 12.5 Å². The molecule has 1 unspecified atom stereocenters. The molecule has 0 spiro atoms. The largest absolute Gasteiger partial charge is 0.287 e. The van der Waals surface area contributed by atoms with Crippen molar-refractivity contribution in [1.82, 2.24) is 5.06 Å². The van der Waals surface area contributed by atoms with Crippen molar-refractivity contribution in [3.8, 4) is 0 Å². The maximum Gasteiger partial charge on any atom is 0.112 e. The van der Waals surface area contributed by atoms with Crippen LogP contribution in [0.1, 0.15) is 79.2 Å². The van der Waals surface area contributed by atoms with Crippen LogP contribution in [0.5, 0.6) is 0 Å². The van der Waals surface area contributed by atoms with Crippen molar-refractivity contribution in [1.29, 1.82) is 0 Å². The predicted octanol–water partition coefficient (Wildman–Crippen LogP) is 5.68. The van der Waals surface area contributed by atoms with Crippen molar-refractivity contribution in [3.05, 3.63) is 35.9 Å². The second kappa shape index (κ2) is 6.33. The van der Waals surface area contributed by atoms with Gasteiger partial charge in [-0.15, -0.1) is 0 Å². The Bertz CT molecular complexity index is 464. The first kappa shape index (κ1) is 17.5. The number of hydrogen-bond acceptors (Lipinski definition) is 2. The Morgan fingerprint density at radius 2 is 1.59 bits per heavy atom. The molecule has 22 heavy (non-hydrogen) atoms. The monoisotopic (exact) mass is 303 g/mol. The number of piperidine rings is 1. The van der Waals surface area contributed by atoms with Crippen molar-refractivity contribution in [3.63, 3.8) is 0 Å². The predicted molar refractivity (Wildman–Crippen MR) is 93.6 cm³/mol. The van der Waals surface area contributed by atoms with Gasteiger partial charge in [0.1, 0.15) is 5.60 Å². The number of hydroxylamine groups is 2. The van der Waals surface area contributed by atoms with Gasteiger partial charge in [0.25, 0.3) is 0 Å². The first-order valence-electron chi connectivity index (χ1n) is 8.76. The lowest BCUT2D eigenvalue weighted by molar-refractivity contribution is -0.338. The molecule has 1 fully saturated rings. The van der Waals surface area contributed by atoms with Gasteiger partial charge in [-0.2, -0.15) is 5.06 Å². The number of nitrogens with zero attached hydrogens (tertiary/aromatic N) is 1. The smallest absolute Gasteiger partial charge is 0.112 e. The van der Waals surface area contributed by atoms with Crippen LogP contribution in [0.4, 0.5) is 0 Å². The maximum absolute atomic E-state index is 6.77. The van der Waals surface area contributed by atoms with Gasteiger partial charge in [0.2, 0.25) is 0 Å². The summed E-state index contributed by atoms with van der Waals surface area (Å²) in [5.41, 5.74) is 1.16. The van der Waals surface area contributed by atoms with Crippen LogP contribution >= 0.6 is 0 Å². The average molecular weight is 303 g/mol. The first-order chi connectivity index (χ1) is 10.2. The molecule has 1 aliphatic heterocycles. The quantitative estimate of drug-likeness (QED) is 0.694. The van der Waals surface area contributed by atoms with Gasteiger partial charge in [0, 0.05) is 11.1 Å². The molecule has 124 valence electrons. The number of rotatable bonds is 5. The van der Waals surface area contributed by atoms with Gasteiger partial charge in [-0.25, -0.2) is 0 Å². The van der Waals surface area contributed by atoms with Crippen molar-refractivity contribution in [2.45, 2.75) is 90.3 Å². The summed E-state index contributed by atoms with van der Waals surface area (Å²) in [6.07, 6.45) is 5.79. The molecule has 1 aliphatic rings. The summed E-state index contributed by atoms with van der Waals surface area (Å²) in [7, 11) is 0. The Balaban J connectivity index is 2.34. The molecule has 0 amide bonds. The van der Waals surface area contributed by atoms with E-state index in [0.29, 0.717) is 0 Å². The minimum absolute atomic E-state index is 0.0749. The summed E-state index contributed by atoms with van der Waals surface area (Å²) in [6.45, 7) is 13.7. The Kier molecular flexibility index (Phi) is 5.03. The molecule has 1 atom stereocenters. The summed E-state index contributed by atoms with van der Waals surface area (Å²) >= 11 is 0. The van der Waals surface area contributed by atoms with Crippen LogP contribution in [-0.4, -0.2) is 16.1 Å². The fraction of sp³-hybridized carbons (Fsp3) is 0.700. The summed E-state index contributed by atoms with van der Waals surface area (Å²) in [5.74, 6) is 0. The number of hydrogen-bond donors (Lipinski definition) is 0. The molecule has 1 aromatic rings. The van der Waals surface area contributed by atoms with Crippen molar-refractivity contribution in [2.24, 2.45) is 0 Å². The standard InChI is InChI=1S/C20H33NO/c1-7-14-20(6,17-12-9-8-10-13-17)22-21-18(2,3)15-11-16-19(21,4)5/h8-10,12-13H,7,11,14-16H2,1-6H3. The van der Waals surface area contributed by atoms with E-state index in [1.807, 2.05) is 0 Å². The van der Waals surface area contributed by atoms with Gasteiger partial charge < -0.3 is 0 Å². The lowest BCUT2D eigenvalue weighted by Crippen LogP contribution is -2.60. The molecular formula is C20H33NO. The van der Waals surface area contributed by atoms with E-state index in [2.05, 4.69) is 76.9 Å². The summed E-state index contributed by atoms with van der Waals surface area (Å²) in [4.78, 5) is 6.77. The van der Waals surface area contributed by atoms with Crippen molar-refractivity contribution < 1.29 is 4.84 Å². The van der Waals surface area contributed by atoms with Crippen LogP contribution in [0.25, 0.3) is 0 Å². The van der Waals surface area contributed by atoms with E-state index in [-0.39, 0.29) is 16.7 Å². The Morgan fingerprint density at radius 3 is 2.09 bits per heavy atom. The minimum atomic E-state index is -0.262. The molecule has 2 nitrogen and oxygen atoms in total. The van der Waals surface area contributed by atoms with Gasteiger partial charge >= 0.3 is 0 Å². The fourth-order valence-electron chi connectivity index (χ4n) is 3.94. The Hall–Kier alpha value is -0.860. The van der Waals surface area contributed by atoms with Gasteiger partial charge in [0.15, 0.2) is 0 Å².